The molecule has 0 aromatic carbocycles. The van der Waals surface area contributed by atoms with Crippen LogP contribution >= 0.6 is 11.6 Å². The number of halogens is 1. The molecule has 0 fully saturated rings. The molecule has 1 heterocycles. The Balaban J connectivity index is 2.73. The monoisotopic (exact) mass is 227 g/mol. The molecule has 0 spiro atoms. The Morgan fingerprint density at radius 3 is 2.80 bits per heavy atom. The average molecular weight is 228 g/mol. The minimum Gasteiger partial charge on any atom is -0.384 e. The van der Waals surface area contributed by atoms with Crippen molar-refractivity contribution in [3.05, 3.63) is 22.8 Å². The van der Waals surface area contributed by atoms with E-state index < -0.39 is 0 Å². The molecule has 0 saturated carbocycles. The van der Waals surface area contributed by atoms with E-state index in [2.05, 4.69) is 10.3 Å². The van der Waals surface area contributed by atoms with Crippen molar-refractivity contribution >= 4 is 23.3 Å². The van der Waals surface area contributed by atoms with Gasteiger partial charge < -0.3 is 11.1 Å². The molecule has 1 aromatic rings. The van der Waals surface area contributed by atoms with Gasteiger partial charge in [-0.1, -0.05) is 25.4 Å². The van der Waals surface area contributed by atoms with Gasteiger partial charge in [0.25, 0.3) is 5.91 Å². The predicted molar refractivity (Wildman–Crippen MR) is 60.8 cm³/mol. The number of anilines is 1. The molecule has 0 atom stereocenters. The highest BCUT2D eigenvalue weighted by atomic mass is 35.5. The summed E-state index contributed by atoms with van der Waals surface area (Å²) in [7, 11) is 0. The van der Waals surface area contributed by atoms with Gasteiger partial charge in [-0.2, -0.15) is 0 Å². The number of nitrogens with two attached hydrogens (primary N) is 1. The van der Waals surface area contributed by atoms with Gasteiger partial charge in [0.1, 0.15) is 11.0 Å². The lowest BCUT2D eigenvalue weighted by Crippen LogP contribution is -2.27. The molecule has 0 aliphatic carbocycles. The normalized spacial score (nSPS) is 10.4. The molecule has 1 rings (SSSR count). The first-order valence-electron chi connectivity index (χ1n) is 4.70. The van der Waals surface area contributed by atoms with Gasteiger partial charge in [0.05, 0.1) is 0 Å². The number of amides is 1. The van der Waals surface area contributed by atoms with E-state index in [1.54, 1.807) is 0 Å². The lowest BCUT2D eigenvalue weighted by molar-refractivity contribution is 0.0949. The minimum atomic E-state index is -0.181. The fraction of sp³-hybridized carbons (Fsp3) is 0.400. The van der Waals surface area contributed by atoms with Crippen LogP contribution in [0.5, 0.6) is 0 Å². The van der Waals surface area contributed by atoms with Crippen LogP contribution in [0.2, 0.25) is 5.15 Å². The largest absolute Gasteiger partial charge is 0.384 e. The summed E-state index contributed by atoms with van der Waals surface area (Å²) in [6.45, 7) is 4.67. The fourth-order valence-corrected chi connectivity index (χ4v) is 1.26. The number of nitrogen functional groups attached to an aromatic ring is 1. The molecule has 15 heavy (non-hydrogen) atoms. The Bertz CT molecular complexity index is 345. The Labute approximate surface area is 93.8 Å². The molecule has 0 aliphatic heterocycles. The molecule has 0 radical (unpaired) electrons. The number of pyridine rings is 1. The van der Waals surface area contributed by atoms with Crippen molar-refractivity contribution in [1.82, 2.24) is 10.3 Å². The number of nitrogens with zero attached hydrogens (tertiary/aromatic N) is 1. The molecule has 0 aliphatic rings. The summed E-state index contributed by atoms with van der Waals surface area (Å²) in [5.74, 6) is 0.473. The number of aromatic nitrogens is 1. The lowest BCUT2D eigenvalue weighted by atomic mass is 10.2. The molecule has 82 valence electrons. The molecular formula is C10H14ClN3O. The summed E-state index contributed by atoms with van der Waals surface area (Å²) in [5.41, 5.74) is 5.92. The third kappa shape index (κ3) is 3.75. The van der Waals surface area contributed by atoms with E-state index in [4.69, 9.17) is 17.3 Å². The van der Waals surface area contributed by atoms with E-state index in [-0.39, 0.29) is 16.9 Å². The van der Waals surface area contributed by atoms with Crippen LogP contribution in [-0.4, -0.2) is 17.4 Å². The Morgan fingerprint density at radius 1 is 1.60 bits per heavy atom. The van der Waals surface area contributed by atoms with Crippen LogP contribution in [0.25, 0.3) is 0 Å². The molecule has 3 N–H and O–H groups in total. The van der Waals surface area contributed by atoms with Gasteiger partial charge >= 0.3 is 0 Å². The molecule has 5 heteroatoms. The van der Waals surface area contributed by atoms with Crippen LogP contribution in [0.3, 0.4) is 0 Å². The fourth-order valence-electron chi connectivity index (χ4n) is 1.05. The summed E-state index contributed by atoms with van der Waals surface area (Å²) in [4.78, 5) is 15.4. The highest BCUT2D eigenvalue weighted by molar-refractivity contribution is 6.29. The second-order valence-electron chi connectivity index (χ2n) is 3.71. The maximum atomic E-state index is 11.6. The summed E-state index contributed by atoms with van der Waals surface area (Å²) in [5, 5.41) is 3.00. The second-order valence-corrected chi connectivity index (χ2v) is 4.09. The number of hydrogen-bond donors (Lipinski definition) is 2. The maximum Gasteiger partial charge on any atom is 0.251 e. The minimum absolute atomic E-state index is 0.181. The quantitative estimate of drug-likeness (QED) is 0.773. The van der Waals surface area contributed by atoms with Crippen LogP contribution in [0.15, 0.2) is 12.1 Å². The van der Waals surface area contributed by atoms with Crippen molar-refractivity contribution in [1.29, 1.82) is 0 Å². The third-order valence-corrected chi connectivity index (χ3v) is 1.94. The topological polar surface area (TPSA) is 68.0 Å². The van der Waals surface area contributed by atoms with E-state index in [9.17, 15) is 4.79 Å². The Hall–Kier alpha value is -1.29. The third-order valence-electron chi connectivity index (χ3n) is 1.75. The first kappa shape index (κ1) is 11.8. The lowest BCUT2D eigenvalue weighted by Gasteiger charge is -2.07. The molecule has 0 saturated heterocycles. The predicted octanol–water partition coefficient (Wildman–Crippen LogP) is 1.70. The van der Waals surface area contributed by atoms with E-state index in [0.717, 1.165) is 0 Å². The van der Waals surface area contributed by atoms with Gasteiger partial charge in [0, 0.05) is 12.1 Å². The highest BCUT2D eigenvalue weighted by Crippen LogP contribution is 2.11. The second kappa shape index (κ2) is 4.98. The van der Waals surface area contributed by atoms with Crippen LogP contribution < -0.4 is 11.1 Å². The van der Waals surface area contributed by atoms with Gasteiger partial charge in [-0.05, 0) is 18.1 Å². The number of hydrogen-bond acceptors (Lipinski definition) is 3. The molecule has 0 bridgehead atoms. The van der Waals surface area contributed by atoms with Crippen molar-refractivity contribution in [2.45, 2.75) is 13.8 Å². The standard InChI is InChI=1S/C10H14ClN3O/c1-6(2)5-13-10(15)7-3-8(11)14-9(12)4-7/h3-4,6H,5H2,1-2H3,(H2,12,14)(H,13,15). The zero-order chi connectivity index (χ0) is 11.4. The van der Waals surface area contributed by atoms with E-state index in [0.29, 0.717) is 18.0 Å². The zero-order valence-electron chi connectivity index (χ0n) is 8.75. The van der Waals surface area contributed by atoms with Gasteiger partial charge in [0.2, 0.25) is 0 Å². The number of rotatable bonds is 3. The number of nitrogens with one attached hydrogen (secondary N) is 1. The van der Waals surface area contributed by atoms with Crippen molar-refractivity contribution in [2.75, 3.05) is 12.3 Å². The maximum absolute atomic E-state index is 11.6. The average Bonchev–Trinajstić information content (AvgIpc) is 2.12. The number of carbonyl (C=O) groups is 1. The van der Waals surface area contributed by atoms with Crippen LogP contribution in [0.4, 0.5) is 5.82 Å². The molecule has 1 aromatic heterocycles. The molecule has 4 nitrogen and oxygen atoms in total. The molecule has 0 unspecified atom stereocenters. The summed E-state index contributed by atoms with van der Waals surface area (Å²) in [6.07, 6.45) is 0. The van der Waals surface area contributed by atoms with E-state index in [1.807, 2.05) is 13.8 Å². The summed E-state index contributed by atoms with van der Waals surface area (Å²) in [6, 6.07) is 3.00. The first-order valence-corrected chi connectivity index (χ1v) is 5.08. The Kier molecular flexibility index (Phi) is 3.91. The van der Waals surface area contributed by atoms with E-state index in [1.165, 1.54) is 12.1 Å². The SMILES string of the molecule is CC(C)CNC(=O)c1cc(N)nc(Cl)c1. The first-order chi connectivity index (χ1) is 6.99. The van der Waals surface area contributed by atoms with Crippen molar-refractivity contribution < 1.29 is 4.79 Å². The highest BCUT2D eigenvalue weighted by Gasteiger charge is 2.08. The van der Waals surface area contributed by atoms with Crippen molar-refractivity contribution in [3.63, 3.8) is 0 Å². The van der Waals surface area contributed by atoms with Crippen molar-refractivity contribution in [3.8, 4) is 0 Å². The van der Waals surface area contributed by atoms with E-state index >= 15 is 0 Å². The van der Waals surface area contributed by atoms with Crippen LogP contribution in [0, 0.1) is 5.92 Å². The van der Waals surface area contributed by atoms with Gasteiger partial charge in [-0.25, -0.2) is 4.98 Å². The number of carbonyl (C=O) groups excluding carboxylic acids is 1. The van der Waals surface area contributed by atoms with Crippen molar-refractivity contribution in [2.24, 2.45) is 5.92 Å². The molecular weight excluding hydrogens is 214 g/mol. The van der Waals surface area contributed by atoms with Gasteiger partial charge in [-0.3, -0.25) is 4.79 Å². The van der Waals surface area contributed by atoms with Crippen LogP contribution in [-0.2, 0) is 0 Å². The van der Waals surface area contributed by atoms with Crippen LogP contribution in [0.1, 0.15) is 24.2 Å². The summed E-state index contributed by atoms with van der Waals surface area (Å²) >= 11 is 5.69. The Morgan fingerprint density at radius 2 is 2.27 bits per heavy atom. The zero-order valence-corrected chi connectivity index (χ0v) is 9.51. The molecule has 1 amide bonds. The smallest absolute Gasteiger partial charge is 0.251 e. The van der Waals surface area contributed by atoms with Gasteiger partial charge in [-0.15, -0.1) is 0 Å². The van der Waals surface area contributed by atoms with Gasteiger partial charge in [0.15, 0.2) is 0 Å². The summed E-state index contributed by atoms with van der Waals surface area (Å²) < 4.78 is 0.